The molecule has 0 saturated heterocycles. The van der Waals surface area contributed by atoms with Crippen molar-refractivity contribution in [3.05, 3.63) is 29.5 Å². The molecule has 4 heteroatoms. The highest BCUT2D eigenvalue weighted by Crippen LogP contribution is 2.25. The normalized spacial score (nSPS) is 10.7. The molecule has 0 radical (unpaired) electrons. The Morgan fingerprint density at radius 3 is 2.82 bits per heavy atom. The van der Waals surface area contributed by atoms with E-state index < -0.39 is 0 Å². The molecule has 4 nitrogen and oxygen atoms in total. The number of carbonyl (C=O) groups excluding carboxylic acids is 1. The molecule has 0 aliphatic heterocycles. The van der Waals surface area contributed by atoms with E-state index in [2.05, 4.69) is 4.98 Å². The number of anilines is 1. The maximum Gasteiger partial charge on any atom is 0.355 e. The van der Waals surface area contributed by atoms with E-state index >= 15 is 0 Å². The summed E-state index contributed by atoms with van der Waals surface area (Å²) in [4.78, 5) is 14.9. The van der Waals surface area contributed by atoms with Gasteiger partial charge in [-0.3, -0.25) is 0 Å². The summed E-state index contributed by atoms with van der Waals surface area (Å²) in [6.07, 6.45) is 0.762. The first kappa shape index (κ1) is 11.5. The summed E-state index contributed by atoms with van der Waals surface area (Å²) in [5, 5.41) is 0.996. The number of esters is 1. The fourth-order valence-electron chi connectivity index (χ4n) is 2.01. The largest absolute Gasteiger partial charge is 0.461 e. The van der Waals surface area contributed by atoms with E-state index in [0.29, 0.717) is 18.0 Å². The summed E-state index contributed by atoms with van der Waals surface area (Å²) in [6, 6.07) is 5.58. The van der Waals surface area contributed by atoms with Crippen LogP contribution in [0.2, 0.25) is 0 Å². The molecule has 3 N–H and O–H groups in total. The molecule has 2 rings (SSSR count). The molecular weight excluding hydrogens is 216 g/mol. The van der Waals surface area contributed by atoms with Crippen LogP contribution in [0.3, 0.4) is 0 Å². The molecule has 1 aromatic carbocycles. The van der Waals surface area contributed by atoms with Crippen molar-refractivity contribution in [2.24, 2.45) is 0 Å². The fourth-order valence-corrected chi connectivity index (χ4v) is 2.01. The molecule has 0 aliphatic carbocycles. The average molecular weight is 232 g/mol. The lowest BCUT2D eigenvalue weighted by molar-refractivity contribution is 0.0519. The maximum absolute atomic E-state index is 11.8. The minimum absolute atomic E-state index is 0.306. The lowest BCUT2D eigenvalue weighted by Crippen LogP contribution is -2.07. The van der Waals surface area contributed by atoms with Gasteiger partial charge in [-0.05, 0) is 37.1 Å². The number of aromatic nitrogens is 1. The number of hydrogen-bond donors (Lipinski definition) is 2. The molecule has 0 spiro atoms. The predicted octanol–water partition coefficient (Wildman–Crippen LogP) is 2.49. The van der Waals surface area contributed by atoms with Crippen LogP contribution >= 0.6 is 0 Å². The number of rotatable bonds is 3. The van der Waals surface area contributed by atoms with Crippen LogP contribution in [0.1, 0.15) is 29.9 Å². The molecule has 90 valence electrons. The Labute approximate surface area is 99.8 Å². The fraction of sp³-hybridized carbons (Fsp3) is 0.308. The van der Waals surface area contributed by atoms with Crippen LogP contribution in [-0.2, 0) is 11.2 Å². The van der Waals surface area contributed by atoms with Gasteiger partial charge in [-0.15, -0.1) is 0 Å². The van der Waals surface area contributed by atoms with Crippen LogP contribution < -0.4 is 5.73 Å². The van der Waals surface area contributed by atoms with Crippen LogP contribution in [0.5, 0.6) is 0 Å². The van der Waals surface area contributed by atoms with Gasteiger partial charge in [0.1, 0.15) is 5.69 Å². The first-order valence-corrected chi connectivity index (χ1v) is 5.74. The zero-order valence-corrected chi connectivity index (χ0v) is 10.0. The van der Waals surface area contributed by atoms with Gasteiger partial charge >= 0.3 is 5.97 Å². The SMILES string of the molecule is CCOC(=O)c1[nH]c2ccc(N)cc2c1CC. The number of H-pyrrole nitrogens is 1. The molecule has 17 heavy (non-hydrogen) atoms. The van der Waals surface area contributed by atoms with Crippen LogP contribution in [0, 0.1) is 0 Å². The molecule has 0 atom stereocenters. The van der Waals surface area contributed by atoms with E-state index in [9.17, 15) is 4.79 Å². The van der Waals surface area contributed by atoms with Gasteiger partial charge in [0.2, 0.25) is 0 Å². The van der Waals surface area contributed by atoms with E-state index in [1.807, 2.05) is 25.1 Å². The van der Waals surface area contributed by atoms with E-state index in [-0.39, 0.29) is 5.97 Å². The quantitative estimate of drug-likeness (QED) is 0.631. The number of aryl methyl sites for hydroxylation is 1. The highest BCUT2D eigenvalue weighted by molar-refractivity contribution is 5.99. The maximum atomic E-state index is 11.8. The zero-order chi connectivity index (χ0) is 12.4. The summed E-state index contributed by atoms with van der Waals surface area (Å²) in [5.74, 6) is -0.306. The minimum Gasteiger partial charge on any atom is -0.461 e. The first-order chi connectivity index (χ1) is 8.17. The Hall–Kier alpha value is -1.97. The van der Waals surface area contributed by atoms with Crippen LogP contribution in [0.25, 0.3) is 10.9 Å². The lowest BCUT2D eigenvalue weighted by Gasteiger charge is -2.01. The molecule has 2 aromatic rings. The molecule has 0 unspecified atom stereocenters. The summed E-state index contributed by atoms with van der Waals surface area (Å²) in [7, 11) is 0. The molecule has 0 bridgehead atoms. The van der Waals surface area contributed by atoms with Crippen molar-refractivity contribution in [2.45, 2.75) is 20.3 Å². The summed E-state index contributed by atoms with van der Waals surface area (Å²) in [6.45, 7) is 4.18. The third-order valence-electron chi connectivity index (χ3n) is 2.76. The molecule has 0 amide bonds. The van der Waals surface area contributed by atoms with E-state index in [1.54, 1.807) is 6.92 Å². The number of nitrogens with one attached hydrogen (secondary N) is 1. The number of nitrogen functional groups attached to an aromatic ring is 1. The Morgan fingerprint density at radius 1 is 1.41 bits per heavy atom. The van der Waals surface area contributed by atoms with E-state index in [1.165, 1.54) is 0 Å². The van der Waals surface area contributed by atoms with Crippen molar-refractivity contribution in [2.75, 3.05) is 12.3 Å². The van der Waals surface area contributed by atoms with Gasteiger partial charge in [0.15, 0.2) is 0 Å². The molecule has 0 saturated carbocycles. The van der Waals surface area contributed by atoms with Gasteiger partial charge in [0.05, 0.1) is 6.61 Å². The number of ether oxygens (including phenoxy) is 1. The summed E-state index contributed by atoms with van der Waals surface area (Å²) < 4.78 is 5.03. The Kier molecular flexibility index (Phi) is 3.04. The summed E-state index contributed by atoms with van der Waals surface area (Å²) in [5.41, 5.74) is 8.87. The van der Waals surface area contributed by atoms with Crippen molar-refractivity contribution in [3.63, 3.8) is 0 Å². The van der Waals surface area contributed by atoms with Crippen molar-refractivity contribution < 1.29 is 9.53 Å². The number of carbonyl (C=O) groups is 1. The summed E-state index contributed by atoms with van der Waals surface area (Å²) >= 11 is 0. The predicted molar refractivity (Wildman–Crippen MR) is 68.0 cm³/mol. The second-order valence-electron chi connectivity index (χ2n) is 3.86. The van der Waals surface area contributed by atoms with E-state index in [4.69, 9.17) is 10.5 Å². The second kappa shape index (κ2) is 4.49. The van der Waals surface area contributed by atoms with Gasteiger partial charge in [-0.2, -0.15) is 0 Å². The van der Waals surface area contributed by atoms with Crippen molar-refractivity contribution in [1.29, 1.82) is 0 Å². The van der Waals surface area contributed by atoms with E-state index in [0.717, 1.165) is 22.9 Å². The topological polar surface area (TPSA) is 68.1 Å². The highest BCUT2D eigenvalue weighted by Gasteiger charge is 2.17. The van der Waals surface area contributed by atoms with Gasteiger partial charge in [0, 0.05) is 16.6 Å². The number of hydrogen-bond acceptors (Lipinski definition) is 3. The third-order valence-corrected chi connectivity index (χ3v) is 2.76. The second-order valence-corrected chi connectivity index (χ2v) is 3.86. The van der Waals surface area contributed by atoms with Crippen molar-refractivity contribution in [1.82, 2.24) is 4.98 Å². The highest BCUT2D eigenvalue weighted by atomic mass is 16.5. The first-order valence-electron chi connectivity index (χ1n) is 5.74. The molecule has 1 heterocycles. The standard InChI is InChI=1S/C13H16N2O2/c1-3-9-10-7-8(14)5-6-11(10)15-12(9)13(16)17-4-2/h5-7,15H,3-4,14H2,1-2H3. The van der Waals surface area contributed by atoms with Crippen LogP contribution in [-0.4, -0.2) is 17.6 Å². The van der Waals surface area contributed by atoms with Crippen LogP contribution in [0.4, 0.5) is 5.69 Å². The van der Waals surface area contributed by atoms with Gasteiger partial charge in [-0.1, -0.05) is 6.92 Å². The van der Waals surface area contributed by atoms with Crippen LogP contribution in [0.15, 0.2) is 18.2 Å². The van der Waals surface area contributed by atoms with Gasteiger partial charge in [0.25, 0.3) is 0 Å². The zero-order valence-electron chi connectivity index (χ0n) is 10.0. The van der Waals surface area contributed by atoms with Crippen molar-refractivity contribution >= 4 is 22.6 Å². The van der Waals surface area contributed by atoms with Gasteiger partial charge in [-0.25, -0.2) is 4.79 Å². The lowest BCUT2D eigenvalue weighted by atomic mass is 10.1. The molecule has 0 aliphatic rings. The Bertz CT molecular complexity index is 558. The average Bonchev–Trinajstić information content (AvgIpc) is 2.67. The Balaban J connectivity index is 2.60. The minimum atomic E-state index is -0.306. The number of aromatic amines is 1. The van der Waals surface area contributed by atoms with Crippen molar-refractivity contribution in [3.8, 4) is 0 Å². The Morgan fingerprint density at radius 2 is 2.18 bits per heavy atom. The monoisotopic (exact) mass is 232 g/mol. The molecule has 1 aromatic heterocycles. The number of fused-ring (bicyclic) bond motifs is 1. The molecular formula is C13H16N2O2. The smallest absolute Gasteiger partial charge is 0.355 e. The van der Waals surface area contributed by atoms with Gasteiger partial charge < -0.3 is 15.5 Å². The number of nitrogens with two attached hydrogens (primary N) is 1. The number of benzene rings is 1. The third kappa shape index (κ3) is 1.98. The molecule has 0 fully saturated rings.